The number of anilines is 1. The summed E-state index contributed by atoms with van der Waals surface area (Å²) in [5.41, 5.74) is 2.09. The largest absolute Gasteiger partial charge is 0.462 e. The number of carbonyl (C=O) groups excluding carboxylic acids is 2. The van der Waals surface area contributed by atoms with Crippen LogP contribution in [0, 0.1) is 13.8 Å². The van der Waals surface area contributed by atoms with Crippen LogP contribution in [0.3, 0.4) is 0 Å². The third kappa shape index (κ3) is 3.76. The minimum atomic E-state index is -0.442. The summed E-state index contributed by atoms with van der Waals surface area (Å²) in [6.07, 6.45) is 0. The Morgan fingerprint density at radius 1 is 1.39 bits per heavy atom. The summed E-state index contributed by atoms with van der Waals surface area (Å²) in [6, 6.07) is 3.98. The molecule has 0 spiro atoms. The second-order valence-electron chi connectivity index (χ2n) is 5.00. The van der Waals surface area contributed by atoms with Crippen molar-refractivity contribution < 1.29 is 14.3 Å². The van der Waals surface area contributed by atoms with Gasteiger partial charge in [-0.25, -0.2) is 4.79 Å². The van der Waals surface area contributed by atoms with E-state index in [1.165, 1.54) is 0 Å². The van der Waals surface area contributed by atoms with E-state index in [0.717, 1.165) is 16.1 Å². The van der Waals surface area contributed by atoms with E-state index >= 15 is 0 Å². The van der Waals surface area contributed by atoms with Gasteiger partial charge in [-0.15, -0.1) is 22.9 Å². The summed E-state index contributed by atoms with van der Waals surface area (Å²) < 4.78 is 7.05. The van der Waals surface area contributed by atoms with Gasteiger partial charge in [0.05, 0.1) is 13.2 Å². The van der Waals surface area contributed by atoms with E-state index in [-0.39, 0.29) is 18.4 Å². The normalized spacial score (nSPS) is 10.6. The molecule has 0 aliphatic carbocycles. The predicted octanol–water partition coefficient (Wildman–Crippen LogP) is 3.57. The van der Waals surface area contributed by atoms with Gasteiger partial charge < -0.3 is 14.6 Å². The number of esters is 1. The van der Waals surface area contributed by atoms with Crippen molar-refractivity contribution in [2.75, 3.05) is 17.8 Å². The highest BCUT2D eigenvalue weighted by atomic mass is 35.5. The molecule has 0 saturated heterocycles. The maximum Gasteiger partial charge on any atom is 0.342 e. The second kappa shape index (κ2) is 7.66. The fraction of sp³-hybridized carbons (Fsp3) is 0.375. The Labute approximate surface area is 144 Å². The lowest BCUT2D eigenvalue weighted by Crippen LogP contribution is -2.19. The summed E-state index contributed by atoms with van der Waals surface area (Å²) in [4.78, 5) is 25.2. The molecule has 2 aromatic heterocycles. The molecule has 0 saturated carbocycles. The lowest BCUT2D eigenvalue weighted by atomic mass is 10.1. The molecular weight excluding hydrogens is 336 g/mol. The Morgan fingerprint density at radius 2 is 2.13 bits per heavy atom. The Bertz CT molecular complexity index is 707. The van der Waals surface area contributed by atoms with Crippen LogP contribution < -0.4 is 5.32 Å². The molecule has 0 atom stereocenters. The van der Waals surface area contributed by atoms with Gasteiger partial charge in [-0.3, -0.25) is 4.79 Å². The average molecular weight is 355 g/mol. The standard InChI is InChI=1S/C16H19ClN2O3S/c1-4-22-16(21)14-10(2)11(3)19(9-12-6-5-7-23-12)15(14)18-13(20)8-17/h5-7H,4,8-9H2,1-3H3,(H,18,20). The van der Waals surface area contributed by atoms with Gasteiger partial charge in [0.1, 0.15) is 17.3 Å². The second-order valence-corrected chi connectivity index (χ2v) is 6.30. The van der Waals surface area contributed by atoms with Gasteiger partial charge in [0, 0.05) is 10.6 Å². The first-order chi connectivity index (χ1) is 11.0. The van der Waals surface area contributed by atoms with Crippen molar-refractivity contribution in [3.8, 4) is 0 Å². The maximum atomic E-state index is 12.3. The minimum Gasteiger partial charge on any atom is -0.462 e. The molecule has 2 heterocycles. The SMILES string of the molecule is CCOC(=O)c1c(C)c(C)n(Cc2cccs2)c1NC(=O)CCl. The van der Waals surface area contributed by atoms with E-state index in [9.17, 15) is 9.59 Å². The number of hydrogen-bond donors (Lipinski definition) is 1. The zero-order chi connectivity index (χ0) is 17.0. The maximum absolute atomic E-state index is 12.3. The summed E-state index contributed by atoms with van der Waals surface area (Å²) in [5.74, 6) is -0.535. The topological polar surface area (TPSA) is 60.3 Å². The summed E-state index contributed by atoms with van der Waals surface area (Å²) in [6.45, 7) is 6.36. The van der Waals surface area contributed by atoms with Crippen molar-refractivity contribution >= 4 is 40.6 Å². The van der Waals surface area contributed by atoms with Crippen LogP contribution in [0.25, 0.3) is 0 Å². The van der Waals surface area contributed by atoms with Gasteiger partial charge in [-0.1, -0.05) is 6.07 Å². The van der Waals surface area contributed by atoms with Crippen LogP contribution in [0.1, 0.15) is 33.4 Å². The van der Waals surface area contributed by atoms with E-state index < -0.39 is 5.97 Å². The molecule has 0 radical (unpaired) electrons. The van der Waals surface area contributed by atoms with Crippen molar-refractivity contribution in [3.05, 3.63) is 39.2 Å². The molecule has 1 N–H and O–H groups in total. The van der Waals surface area contributed by atoms with E-state index in [2.05, 4.69) is 5.32 Å². The van der Waals surface area contributed by atoms with Crippen molar-refractivity contribution in [2.45, 2.75) is 27.3 Å². The summed E-state index contributed by atoms with van der Waals surface area (Å²) in [5, 5.41) is 4.73. The first-order valence-electron chi connectivity index (χ1n) is 7.24. The molecule has 0 fully saturated rings. The first kappa shape index (κ1) is 17.6. The van der Waals surface area contributed by atoms with E-state index in [4.69, 9.17) is 16.3 Å². The smallest absolute Gasteiger partial charge is 0.342 e. The molecular formula is C16H19ClN2O3S. The molecule has 124 valence electrons. The molecule has 1 amide bonds. The zero-order valence-corrected chi connectivity index (χ0v) is 14.9. The third-order valence-corrected chi connectivity index (χ3v) is 4.69. The highest BCUT2D eigenvalue weighted by Gasteiger charge is 2.25. The number of rotatable bonds is 6. The van der Waals surface area contributed by atoms with E-state index in [1.807, 2.05) is 35.9 Å². The van der Waals surface area contributed by atoms with Crippen molar-refractivity contribution in [1.82, 2.24) is 4.57 Å². The Kier molecular flexibility index (Phi) is 5.85. The van der Waals surface area contributed by atoms with Crippen molar-refractivity contribution in [1.29, 1.82) is 0 Å². The van der Waals surface area contributed by atoms with Crippen LogP contribution in [0.15, 0.2) is 17.5 Å². The summed E-state index contributed by atoms with van der Waals surface area (Å²) >= 11 is 7.22. The molecule has 2 rings (SSSR count). The molecule has 0 bridgehead atoms. The average Bonchev–Trinajstić information content (AvgIpc) is 3.11. The number of carbonyl (C=O) groups is 2. The van der Waals surface area contributed by atoms with Crippen LogP contribution in [0.5, 0.6) is 0 Å². The highest BCUT2D eigenvalue weighted by molar-refractivity contribution is 7.09. The number of nitrogens with zero attached hydrogens (tertiary/aromatic N) is 1. The Hall–Kier alpha value is -1.79. The first-order valence-corrected chi connectivity index (χ1v) is 8.66. The molecule has 7 heteroatoms. The van der Waals surface area contributed by atoms with Crippen LogP contribution in [-0.2, 0) is 16.1 Å². The van der Waals surface area contributed by atoms with Crippen LogP contribution >= 0.6 is 22.9 Å². The minimum absolute atomic E-state index is 0.176. The number of hydrogen-bond acceptors (Lipinski definition) is 4. The third-order valence-electron chi connectivity index (χ3n) is 3.58. The molecule has 0 aromatic carbocycles. The fourth-order valence-corrected chi connectivity index (χ4v) is 3.13. The lowest BCUT2D eigenvalue weighted by Gasteiger charge is -2.12. The molecule has 0 unspecified atom stereocenters. The van der Waals surface area contributed by atoms with Gasteiger partial charge in [0.2, 0.25) is 5.91 Å². The fourth-order valence-electron chi connectivity index (χ4n) is 2.37. The van der Waals surface area contributed by atoms with Gasteiger partial charge in [0.25, 0.3) is 0 Å². The summed E-state index contributed by atoms with van der Waals surface area (Å²) in [7, 11) is 0. The van der Waals surface area contributed by atoms with Gasteiger partial charge in [-0.2, -0.15) is 0 Å². The number of halogens is 1. The number of nitrogens with one attached hydrogen (secondary N) is 1. The van der Waals surface area contributed by atoms with E-state index in [1.54, 1.807) is 18.3 Å². The Balaban J connectivity index is 2.52. The number of ether oxygens (including phenoxy) is 1. The number of thiophene rings is 1. The van der Waals surface area contributed by atoms with Gasteiger partial charge in [0.15, 0.2) is 0 Å². The van der Waals surface area contributed by atoms with Crippen LogP contribution in [-0.4, -0.2) is 28.9 Å². The monoisotopic (exact) mass is 354 g/mol. The molecule has 2 aromatic rings. The lowest BCUT2D eigenvalue weighted by molar-refractivity contribution is -0.114. The molecule has 0 aliphatic rings. The van der Waals surface area contributed by atoms with Gasteiger partial charge >= 0.3 is 5.97 Å². The molecule has 0 aliphatic heterocycles. The van der Waals surface area contributed by atoms with E-state index in [0.29, 0.717) is 17.9 Å². The quantitative estimate of drug-likeness (QED) is 0.637. The van der Waals surface area contributed by atoms with Crippen LogP contribution in [0.4, 0.5) is 5.82 Å². The predicted molar refractivity (Wildman–Crippen MR) is 92.6 cm³/mol. The number of amides is 1. The number of alkyl halides is 1. The molecule has 23 heavy (non-hydrogen) atoms. The van der Waals surface area contributed by atoms with Crippen LogP contribution in [0.2, 0.25) is 0 Å². The number of aromatic nitrogens is 1. The van der Waals surface area contributed by atoms with Crippen molar-refractivity contribution in [3.63, 3.8) is 0 Å². The van der Waals surface area contributed by atoms with Crippen molar-refractivity contribution in [2.24, 2.45) is 0 Å². The molecule has 5 nitrogen and oxygen atoms in total. The highest BCUT2D eigenvalue weighted by Crippen LogP contribution is 2.29. The zero-order valence-electron chi connectivity index (χ0n) is 13.3. The van der Waals surface area contributed by atoms with Gasteiger partial charge in [-0.05, 0) is 37.8 Å². The Morgan fingerprint density at radius 3 is 2.70 bits per heavy atom.